The lowest BCUT2D eigenvalue weighted by atomic mass is 9.98. The van der Waals surface area contributed by atoms with Crippen LogP contribution in [0.5, 0.6) is 0 Å². The van der Waals surface area contributed by atoms with Crippen molar-refractivity contribution in [3.63, 3.8) is 0 Å². The van der Waals surface area contributed by atoms with Crippen LogP contribution >= 0.6 is 15.9 Å². The van der Waals surface area contributed by atoms with E-state index in [4.69, 9.17) is 4.74 Å². The largest absolute Gasteiger partial charge is 0.478 e. The molecule has 1 heterocycles. The van der Waals surface area contributed by atoms with Gasteiger partial charge in [0.05, 0.1) is 17.4 Å². The third kappa shape index (κ3) is 2.92. The van der Waals surface area contributed by atoms with E-state index in [-0.39, 0.29) is 12.1 Å². The van der Waals surface area contributed by atoms with Crippen molar-refractivity contribution < 1.29 is 14.6 Å². The Bertz CT molecular complexity index is 478. The molecule has 1 fully saturated rings. The van der Waals surface area contributed by atoms with E-state index in [9.17, 15) is 9.90 Å². The summed E-state index contributed by atoms with van der Waals surface area (Å²) in [5.74, 6) is -0.900. The van der Waals surface area contributed by atoms with Gasteiger partial charge in [0.25, 0.3) is 0 Å². The number of anilines is 1. The smallest absolute Gasteiger partial charge is 0.338 e. The summed E-state index contributed by atoms with van der Waals surface area (Å²) in [6.07, 6.45) is 2.11. The quantitative estimate of drug-likeness (QED) is 0.926. The Morgan fingerprint density at radius 2 is 2.26 bits per heavy atom. The molecule has 0 bridgehead atoms. The number of aromatic carboxylic acids is 1. The topological polar surface area (TPSA) is 49.8 Å². The van der Waals surface area contributed by atoms with Crippen LogP contribution in [-0.4, -0.2) is 36.9 Å². The molecule has 1 saturated heterocycles. The summed E-state index contributed by atoms with van der Waals surface area (Å²) in [5.41, 5.74) is 1.12. The first kappa shape index (κ1) is 14.3. The number of rotatable bonds is 3. The summed E-state index contributed by atoms with van der Waals surface area (Å²) in [6, 6.07) is 5.78. The van der Waals surface area contributed by atoms with E-state index in [0.717, 1.165) is 25.1 Å². The Balaban J connectivity index is 2.32. The van der Waals surface area contributed by atoms with Crippen LogP contribution in [0.4, 0.5) is 5.69 Å². The number of halogens is 1. The number of nitrogens with zero attached hydrogens (tertiary/aromatic N) is 1. The first-order valence-electron chi connectivity index (χ1n) is 6.35. The lowest BCUT2D eigenvalue weighted by Crippen LogP contribution is -2.44. The lowest BCUT2D eigenvalue weighted by molar-refractivity contribution is 0.0690. The Hall–Kier alpha value is -1.07. The van der Waals surface area contributed by atoms with E-state index >= 15 is 0 Å². The molecule has 1 aromatic rings. The summed E-state index contributed by atoms with van der Waals surface area (Å²) < 4.78 is 6.02. The van der Waals surface area contributed by atoms with Gasteiger partial charge in [0.1, 0.15) is 0 Å². The Labute approximate surface area is 121 Å². The second-order valence-electron chi connectivity index (χ2n) is 4.86. The third-order valence-corrected chi connectivity index (χ3v) is 4.34. The van der Waals surface area contributed by atoms with Gasteiger partial charge < -0.3 is 14.7 Å². The number of hydrogen-bond acceptors (Lipinski definition) is 3. The molecule has 104 valence electrons. The Morgan fingerprint density at radius 3 is 2.84 bits per heavy atom. The van der Waals surface area contributed by atoms with E-state index in [2.05, 4.69) is 27.8 Å². The molecule has 0 radical (unpaired) electrons. The first-order chi connectivity index (χ1) is 9.04. The highest BCUT2D eigenvalue weighted by Crippen LogP contribution is 2.32. The molecule has 5 heteroatoms. The van der Waals surface area contributed by atoms with E-state index in [1.165, 1.54) is 0 Å². The fourth-order valence-corrected chi connectivity index (χ4v) is 3.19. The van der Waals surface area contributed by atoms with Crippen LogP contribution in [0.3, 0.4) is 0 Å². The summed E-state index contributed by atoms with van der Waals surface area (Å²) in [7, 11) is 1.73. The van der Waals surface area contributed by atoms with Gasteiger partial charge in [-0.15, -0.1) is 0 Å². The maximum absolute atomic E-state index is 11.4. The number of piperidine rings is 1. The van der Waals surface area contributed by atoms with Crippen LogP contribution in [0, 0.1) is 0 Å². The van der Waals surface area contributed by atoms with Gasteiger partial charge in [0.2, 0.25) is 0 Å². The van der Waals surface area contributed by atoms with E-state index in [1.807, 2.05) is 12.1 Å². The molecule has 2 unspecified atom stereocenters. The predicted molar refractivity (Wildman–Crippen MR) is 77.9 cm³/mol. The van der Waals surface area contributed by atoms with E-state index < -0.39 is 5.97 Å². The molecule has 0 aliphatic carbocycles. The summed E-state index contributed by atoms with van der Waals surface area (Å²) in [6.45, 7) is 2.92. The first-order valence-corrected chi connectivity index (χ1v) is 7.15. The highest BCUT2D eigenvalue weighted by atomic mass is 79.9. The number of carbonyl (C=O) groups is 1. The number of hydrogen-bond donors (Lipinski definition) is 1. The van der Waals surface area contributed by atoms with Gasteiger partial charge in [-0.05, 0) is 47.8 Å². The second-order valence-corrected chi connectivity index (χ2v) is 5.72. The SMILES string of the molecule is COC1CCN(c2cccc(Br)c2C(=O)O)C(C)C1. The minimum absolute atomic E-state index is 0.270. The fraction of sp³-hybridized carbons (Fsp3) is 0.500. The van der Waals surface area contributed by atoms with Crippen LogP contribution in [0.1, 0.15) is 30.1 Å². The van der Waals surface area contributed by atoms with Gasteiger partial charge in [-0.25, -0.2) is 4.79 Å². The average Bonchev–Trinajstić information content (AvgIpc) is 2.37. The molecule has 1 aliphatic rings. The highest BCUT2D eigenvalue weighted by Gasteiger charge is 2.28. The van der Waals surface area contributed by atoms with Crippen LogP contribution in [-0.2, 0) is 4.74 Å². The lowest BCUT2D eigenvalue weighted by Gasteiger charge is -2.39. The third-order valence-electron chi connectivity index (χ3n) is 3.68. The number of carboxylic acid groups (broad SMARTS) is 1. The summed E-state index contributed by atoms with van der Waals surface area (Å²) in [5, 5.41) is 9.38. The van der Waals surface area contributed by atoms with Gasteiger partial charge >= 0.3 is 5.97 Å². The molecule has 0 spiro atoms. The molecular weight excluding hydrogens is 310 g/mol. The maximum atomic E-state index is 11.4. The molecule has 0 amide bonds. The van der Waals surface area contributed by atoms with Crippen molar-refractivity contribution in [3.8, 4) is 0 Å². The number of benzene rings is 1. The molecule has 0 aromatic heterocycles. The van der Waals surface area contributed by atoms with Gasteiger partial charge in [0, 0.05) is 24.2 Å². The molecule has 19 heavy (non-hydrogen) atoms. The summed E-state index contributed by atoms with van der Waals surface area (Å²) >= 11 is 3.33. The zero-order valence-corrected chi connectivity index (χ0v) is 12.7. The van der Waals surface area contributed by atoms with Crippen molar-refractivity contribution in [2.24, 2.45) is 0 Å². The van der Waals surface area contributed by atoms with Gasteiger partial charge in [-0.2, -0.15) is 0 Å². The zero-order valence-electron chi connectivity index (χ0n) is 11.1. The van der Waals surface area contributed by atoms with Crippen molar-refractivity contribution >= 4 is 27.6 Å². The number of ether oxygens (including phenoxy) is 1. The monoisotopic (exact) mass is 327 g/mol. The second kappa shape index (κ2) is 5.92. The van der Waals surface area contributed by atoms with E-state index in [0.29, 0.717) is 10.0 Å². The Morgan fingerprint density at radius 1 is 1.53 bits per heavy atom. The number of carboxylic acids is 1. The minimum atomic E-state index is -0.900. The van der Waals surface area contributed by atoms with Gasteiger partial charge in [-0.3, -0.25) is 0 Å². The number of methoxy groups -OCH3 is 1. The summed E-state index contributed by atoms with van der Waals surface area (Å²) in [4.78, 5) is 13.6. The molecule has 1 N–H and O–H groups in total. The van der Waals surface area contributed by atoms with Crippen molar-refractivity contribution in [1.82, 2.24) is 0 Å². The van der Waals surface area contributed by atoms with Crippen molar-refractivity contribution in [1.29, 1.82) is 0 Å². The molecule has 1 aromatic carbocycles. The highest BCUT2D eigenvalue weighted by molar-refractivity contribution is 9.10. The molecule has 2 rings (SSSR count). The molecule has 2 atom stereocenters. The van der Waals surface area contributed by atoms with Crippen LogP contribution < -0.4 is 4.90 Å². The fourth-order valence-electron chi connectivity index (χ4n) is 2.66. The minimum Gasteiger partial charge on any atom is -0.478 e. The van der Waals surface area contributed by atoms with E-state index in [1.54, 1.807) is 13.2 Å². The normalized spacial score (nSPS) is 23.4. The van der Waals surface area contributed by atoms with Crippen LogP contribution in [0.25, 0.3) is 0 Å². The molecule has 1 aliphatic heterocycles. The Kier molecular flexibility index (Phi) is 4.47. The zero-order chi connectivity index (χ0) is 14.0. The maximum Gasteiger partial charge on any atom is 0.338 e. The standard InChI is InChI=1S/C14H18BrNO3/c1-9-8-10(19-2)6-7-16(9)12-5-3-4-11(15)13(12)14(17)18/h3-5,9-10H,6-8H2,1-2H3,(H,17,18). The van der Waals surface area contributed by atoms with Crippen molar-refractivity contribution in [3.05, 3.63) is 28.2 Å². The molecular formula is C14H18BrNO3. The molecule has 4 nitrogen and oxygen atoms in total. The van der Waals surface area contributed by atoms with Crippen molar-refractivity contribution in [2.45, 2.75) is 31.9 Å². The van der Waals surface area contributed by atoms with Gasteiger partial charge in [0.15, 0.2) is 0 Å². The van der Waals surface area contributed by atoms with Gasteiger partial charge in [-0.1, -0.05) is 6.07 Å². The average molecular weight is 328 g/mol. The van der Waals surface area contributed by atoms with Crippen LogP contribution in [0.2, 0.25) is 0 Å². The van der Waals surface area contributed by atoms with Crippen LogP contribution in [0.15, 0.2) is 22.7 Å². The van der Waals surface area contributed by atoms with Crippen molar-refractivity contribution in [2.75, 3.05) is 18.6 Å². The molecule has 0 saturated carbocycles. The predicted octanol–water partition coefficient (Wildman–Crippen LogP) is 3.15.